The van der Waals surface area contributed by atoms with E-state index in [1.165, 1.54) is 12.7 Å². The molecule has 1 rings (SSSR count). The third kappa shape index (κ3) is 3.56. The summed E-state index contributed by atoms with van der Waals surface area (Å²) in [5, 5.41) is 18.9. The Kier molecular flexibility index (Phi) is 5.20. The molecule has 84 valence electrons. The third-order valence-corrected chi connectivity index (χ3v) is 2.92. The highest BCUT2D eigenvalue weighted by Crippen LogP contribution is 2.29. The number of hydrogen-bond donors (Lipinski definition) is 1. The molecule has 1 fully saturated rings. The lowest BCUT2D eigenvalue weighted by molar-refractivity contribution is 0.114. The Bertz CT molecular complexity index is 249. The summed E-state index contributed by atoms with van der Waals surface area (Å²) >= 11 is 0. The summed E-state index contributed by atoms with van der Waals surface area (Å²) in [7, 11) is 0. The molecule has 15 heavy (non-hydrogen) atoms. The van der Waals surface area contributed by atoms with Crippen LogP contribution in [0.15, 0.2) is 11.8 Å². The average molecular weight is 209 g/mol. The van der Waals surface area contributed by atoms with E-state index < -0.39 is 6.10 Å². The zero-order valence-electron chi connectivity index (χ0n) is 9.28. The highest BCUT2D eigenvalue weighted by atomic mass is 16.5. The summed E-state index contributed by atoms with van der Waals surface area (Å²) in [6, 6.07) is 2.02. The van der Waals surface area contributed by atoms with Gasteiger partial charge in [-0.2, -0.15) is 5.26 Å². The summed E-state index contributed by atoms with van der Waals surface area (Å²) < 4.78 is 5.05. The van der Waals surface area contributed by atoms with Gasteiger partial charge in [-0.25, -0.2) is 0 Å². The van der Waals surface area contributed by atoms with Gasteiger partial charge in [-0.1, -0.05) is 19.3 Å². The van der Waals surface area contributed by atoms with Crippen LogP contribution in [0.4, 0.5) is 0 Å². The van der Waals surface area contributed by atoms with Crippen LogP contribution in [0.2, 0.25) is 0 Å². The maximum Gasteiger partial charge on any atom is 0.101 e. The molecule has 0 aromatic heterocycles. The highest BCUT2D eigenvalue weighted by Gasteiger charge is 2.24. The fourth-order valence-electron chi connectivity index (χ4n) is 2.04. The van der Waals surface area contributed by atoms with E-state index in [9.17, 15) is 5.11 Å². The van der Waals surface area contributed by atoms with Gasteiger partial charge in [-0.15, -0.1) is 0 Å². The van der Waals surface area contributed by atoms with Crippen LogP contribution in [0.25, 0.3) is 0 Å². The minimum Gasteiger partial charge on any atom is -0.500 e. The van der Waals surface area contributed by atoms with Crippen molar-refractivity contribution >= 4 is 0 Å². The molecule has 1 saturated carbocycles. The fraction of sp³-hybridized carbons (Fsp3) is 0.750. The lowest BCUT2D eigenvalue weighted by Gasteiger charge is -2.25. The Morgan fingerprint density at radius 1 is 1.53 bits per heavy atom. The first kappa shape index (κ1) is 12.1. The standard InChI is InChI=1S/C12H19NO2/c1-2-15-9-11(8-13)12(14)10-6-4-3-5-7-10/h9-10,12,14H,2-7H2,1H3/b11-9-. The highest BCUT2D eigenvalue weighted by molar-refractivity contribution is 5.24. The van der Waals surface area contributed by atoms with Crippen molar-refractivity contribution < 1.29 is 9.84 Å². The third-order valence-electron chi connectivity index (χ3n) is 2.92. The molecule has 3 nitrogen and oxygen atoms in total. The van der Waals surface area contributed by atoms with Gasteiger partial charge in [-0.3, -0.25) is 0 Å². The number of rotatable bonds is 4. The maximum atomic E-state index is 9.99. The first-order chi connectivity index (χ1) is 7.29. The quantitative estimate of drug-likeness (QED) is 0.571. The second kappa shape index (κ2) is 6.47. The fourth-order valence-corrected chi connectivity index (χ4v) is 2.04. The Labute approximate surface area is 91.4 Å². The number of hydrogen-bond acceptors (Lipinski definition) is 3. The van der Waals surface area contributed by atoms with Crippen molar-refractivity contribution in [2.75, 3.05) is 6.61 Å². The van der Waals surface area contributed by atoms with Crippen molar-refractivity contribution in [3.63, 3.8) is 0 Å². The van der Waals surface area contributed by atoms with Crippen LogP contribution in [0, 0.1) is 17.2 Å². The second-order valence-corrected chi connectivity index (χ2v) is 3.98. The van der Waals surface area contributed by atoms with Gasteiger partial charge < -0.3 is 9.84 Å². The molecule has 1 N–H and O–H groups in total. The lowest BCUT2D eigenvalue weighted by atomic mass is 9.83. The molecular weight excluding hydrogens is 190 g/mol. The van der Waals surface area contributed by atoms with Crippen LogP contribution in [0.1, 0.15) is 39.0 Å². The van der Waals surface area contributed by atoms with Gasteiger partial charge in [0, 0.05) is 0 Å². The van der Waals surface area contributed by atoms with Crippen molar-refractivity contribution in [3.8, 4) is 6.07 Å². The molecule has 0 aromatic rings. The summed E-state index contributed by atoms with van der Waals surface area (Å²) in [6.07, 6.45) is 6.38. The summed E-state index contributed by atoms with van der Waals surface area (Å²) in [5.74, 6) is 0.241. The van der Waals surface area contributed by atoms with Crippen molar-refractivity contribution in [1.82, 2.24) is 0 Å². The van der Waals surface area contributed by atoms with E-state index in [2.05, 4.69) is 0 Å². The van der Waals surface area contributed by atoms with E-state index in [4.69, 9.17) is 10.00 Å². The predicted octanol–water partition coefficient (Wildman–Crippen LogP) is 2.37. The predicted molar refractivity (Wildman–Crippen MR) is 57.9 cm³/mol. The normalized spacial score (nSPS) is 20.7. The molecule has 0 aromatic carbocycles. The summed E-state index contributed by atoms with van der Waals surface area (Å²) in [4.78, 5) is 0. The monoisotopic (exact) mass is 209 g/mol. The molecule has 1 unspecified atom stereocenters. The van der Waals surface area contributed by atoms with Crippen molar-refractivity contribution in [1.29, 1.82) is 5.26 Å². The largest absolute Gasteiger partial charge is 0.500 e. The van der Waals surface area contributed by atoms with E-state index in [0.717, 1.165) is 25.7 Å². The lowest BCUT2D eigenvalue weighted by Crippen LogP contribution is -2.24. The Morgan fingerprint density at radius 2 is 2.20 bits per heavy atom. The summed E-state index contributed by atoms with van der Waals surface area (Å²) in [5.41, 5.74) is 0.365. The van der Waals surface area contributed by atoms with Crippen LogP contribution in [-0.2, 0) is 4.74 Å². The van der Waals surface area contributed by atoms with Crippen LogP contribution in [0.3, 0.4) is 0 Å². The smallest absolute Gasteiger partial charge is 0.101 e. The number of aliphatic hydroxyl groups excluding tert-OH is 1. The molecule has 0 amide bonds. The van der Waals surface area contributed by atoms with E-state index in [1.807, 2.05) is 13.0 Å². The Hall–Kier alpha value is -1.01. The van der Waals surface area contributed by atoms with Crippen LogP contribution in [0.5, 0.6) is 0 Å². The summed E-state index contributed by atoms with van der Waals surface area (Å²) in [6.45, 7) is 2.39. The van der Waals surface area contributed by atoms with Crippen LogP contribution >= 0.6 is 0 Å². The van der Waals surface area contributed by atoms with E-state index in [0.29, 0.717) is 12.2 Å². The van der Waals surface area contributed by atoms with Crippen molar-refractivity contribution in [2.45, 2.75) is 45.1 Å². The minimum absolute atomic E-state index is 0.241. The van der Waals surface area contributed by atoms with Gasteiger partial charge in [0.1, 0.15) is 6.07 Å². The number of ether oxygens (including phenoxy) is 1. The molecule has 0 spiro atoms. The number of aliphatic hydroxyl groups is 1. The molecule has 0 heterocycles. The average Bonchev–Trinajstić information content (AvgIpc) is 2.31. The van der Waals surface area contributed by atoms with Crippen molar-refractivity contribution in [3.05, 3.63) is 11.8 Å². The topological polar surface area (TPSA) is 53.2 Å². The van der Waals surface area contributed by atoms with Crippen molar-refractivity contribution in [2.24, 2.45) is 5.92 Å². The molecule has 3 heteroatoms. The van der Waals surface area contributed by atoms with Gasteiger partial charge in [-0.05, 0) is 25.7 Å². The molecule has 1 aliphatic carbocycles. The SMILES string of the molecule is CCO/C=C(/C#N)C(O)C1CCCCC1. The first-order valence-corrected chi connectivity index (χ1v) is 5.69. The number of nitriles is 1. The molecule has 0 saturated heterocycles. The molecular formula is C12H19NO2. The van der Waals surface area contributed by atoms with Gasteiger partial charge in [0.15, 0.2) is 0 Å². The Balaban J connectivity index is 2.55. The van der Waals surface area contributed by atoms with E-state index in [-0.39, 0.29) is 5.92 Å². The molecule has 1 aliphatic rings. The van der Waals surface area contributed by atoms with Crippen LogP contribution < -0.4 is 0 Å². The zero-order valence-corrected chi connectivity index (χ0v) is 9.28. The first-order valence-electron chi connectivity index (χ1n) is 5.69. The van der Waals surface area contributed by atoms with Crippen LogP contribution in [-0.4, -0.2) is 17.8 Å². The van der Waals surface area contributed by atoms with Gasteiger partial charge in [0.25, 0.3) is 0 Å². The second-order valence-electron chi connectivity index (χ2n) is 3.98. The number of nitrogens with zero attached hydrogens (tertiary/aromatic N) is 1. The molecule has 1 atom stereocenters. The zero-order chi connectivity index (χ0) is 11.1. The minimum atomic E-state index is -0.637. The van der Waals surface area contributed by atoms with E-state index in [1.54, 1.807) is 0 Å². The van der Waals surface area contributed by atoms with Gasteiger partial charge >= 0.3 is 0 Å². The molecule has 0 aliphatic heterocycles. The van der Waals surface area contributed by atoms with Gasteiger partial charge in [0.2, 0.25) is 0 Å². The molecule has 0 radical (unpaired) electrons. The van der Waals surface area contributed by atoms with Gasteiger partial charge in [0.05, 0.1) is 24.5 Å². The maximum absolute atomic E-state index is 9.99. The van der Waals surface area contributed by atoms with E-state index >= 15 is 0 Å². The Morgan fingerprint density at radius 3 is 2.73 bits per heavy atom. The molecule has 0 bridgehead atoms.